The number of nitrogens with two attached hydrogens (primary N) is 2. The van der Waals surface area contributed by atoms with E-state index in [0.29, 0.717) is 17.2 Å². The number of nitrogen functional groups attached to an aromatic ring is 1. The second-order valence-corrected chi connectivity index (χ2v) is 8.04. The first-order valence-electron chi connectivity index (χ1n) is 10.6. The van der Waals surface area contributed by atoms with Crippen LogP contribution in [0.2, 0.25) is 0 Å². The summed E-state index contributed by atoms with van der Waals surface area (Å²) >= 11 is 0. The average Bonchev–Trinajstić information content (AvgIpc) is 3.35. The largest absolute Gasteiger partial charge is 0.390 e. The molecule has 0 unspecified atom stereocenters. The third-order valence-electron chi connectivity index (χ3n) is 6.63. The minimum Gasteiger partial charge on any atom is -0.390 e. The molecule has 1 fully saturated rings. The standard InChI is InChI=1S/C14H14N4O.C9H19N/c1-8-13(18-12(7-19)14(15)17-8)10-5-6-16-11-4-2-3-9(10)11;1-3-9(4-2)7-5-6-8(9)10/h2-3,5-6,19H,4,7H2,1H3,(H2,15,17);8H,3-7,10H2,1-2H3/t;8-/m.1/s1. The van der Waals surface area contributed by atoms with Crippen LogP contribution in [0.3, 0.4) is 0 Å². The monoisotopic (exact) mass is 395 g/mol. The summed E-state index contributed by atoms with van der Waals surface area (Å²) in [6.45, 7) is 6.20. The van der Waals surface area contributed by atoms with Gasteiger partial charge in [-0.1, -0.05) is 32.4 Å². The molecular weight excluding hydrogens is 362 g/mol. The Morgan fingerprint density at radius 2 is 2.00 bits per heavy atom. The molecule has 2 aromatic rings. The second-order valence-electron chi connectivity index (χ2n) is 8.04. The maximum Gasteiger partial charge on any atom is 0.147 e. The van der Waals surface area contributed by atoms with E-state index in [-0.39, 0.29) is 12.4 Å². The summed E-state index contributed by atoms with van der Waals surface area (Å²) in [5.41, 5.74) is 17.3. The van der Waals surface area contributed by atoms with Gasteiger partial charge in [0.1, 0.15) is 11.5 Å². The van der Waals surface area contributed by atoms with Crippen LogP contribution < -0.4 is 11.5 Å². The highest BCUT2D eigenvalue weighted by Crippen LogP contribution is 2.42. The van der Waals surface area contributed by atoms with Crippen molar-refractivity contribution in [1.82, 2.24) is 15.0 Å². The summed E-state index contributed by atoms with van der Waals surface area (Å²) in [6.07, 6.45) is 13.2. The number of anilines is 1. The molecule has 0 amide bonds. The zero-order chi connectivity index (χ0) is 21.0. The summed E-state index contributed by atoms with van der Waals surface area (Å²) < 4.78 is 0. The Kier molecular flexibility index (Phi) is 6.65. The van der Waals surface area contributed by atoms with Crippen LogP contribution in [0, 0.1) is 12.3 Å². The molecule has 2 aliphatic rings. The van der Waals surface area contributed by atoms with Crippen molar-refractivity contribution in [2.45, 2.75) is 71.9 Å². The van der Waals surface area contributed by atoms with Gasteiger partial charge < -0.3 is 16.6 Å². The van der Waals surface area contributed by atoms with Gasteiger partial charge in [-0.2, -0.15) is 0 Å². The molecule has 0 aliphatic heterocycles. The molecule has 0 radical (unpaired) electrons. The first-order chi connectivity index (χ1) is 14.0. The summed E-state index contributed by atoms with van der Waals surface area (Å²) in [7, 11) is 0. The molecule has 1 atom stereocenters. The van der Waals surface area contributed by atoms with Crippen molar-refractivity contribution in [2.75, 3.05) is 5.73 Å². The van der Waals surface area contributed by atoms with Crippen molar-refractivity contribution in [2.24, 2.45) is 11.1 Å². The number of hydrogen-bond acceptors (Lipinski definition) is 6. The number of pyridine rings is 1. The fourth-order valence-electron chi connectivity index (χ4n) is 4.60. The lowest BCUT2D eigenvalue weighted by Gasteiger charge is -2.30. The number of fused-ring (bicyclic) bond motifs is 1. The Labute approximate surface area is 173 Å². The van der Waals surface area contributed by atoms with Crippen molar-refractivity contribution in [1.29, 1.82) is 0 Å². The van der Waals surface area contributed by atoms with E-state index in [9.17, 15) is 5.11 Å². The fraction of sp³-hybridized carbons (Fsp3) is 0.522. The second kappa shape index (κ2) is 9.01. The maximum atomic E-state index is 9.27. The van der Waals surface area contributed by atoms with E-state index in [2.05, 4.69) is 34.9 Å². The number of nitrogens with zero attached hydrogens (tertiary/aromatic N) is 3. The summed E-state index contributed by atoms with van der Waals surface area (Å²) in [5, 5.41) is 9.27. The Morgan fingerprint density at radius 3 is 2.59 bits per heavy atom. The molecule has 6 nitrogen and oxygen atoms in total. The lowest BCUT2D eigenvalue weighted by molar-refractivity contribution is 0.237. The van der Waals surface area contributed by atoms with Crippen molar-refractivity contribution in [3.63, 3.8) is 0 Å². The number of aliphatic hydroxyl groups is 1. The average molecular weight is 396 g/mol. The molecule has 2 aliphatic carbocycles. The van der Waals surface area contributed by atoms with E-state index in [1.165, 1.54) is 32.1 Å². The highest BCUT2D eigenvalue weighted by atomic mass is 16.3. The minimum absolute atomic E-state index is 0.213. The fourth-order valence-corrected chi connectivity index (χ4v) is 4.60. The molecule has 6 heteroatoms. The number of hydrogen-bond donors (Lipinski definition) is 3. The Morgan fingerprint density at radius 1 is 1.24 bits per heavy atom. The quantitative estimate of drug-likeness (QED) is 0.726. The molecule has 1 saturated carbocycles. The zero-order valence-corrected chi connectivity index (χ0v) is 17.8. The Hall–Kier alpha value is -2.31. The third-order valence-corrected chi connectivity index (χ3v) is 6.63. The molecule has 156 valence electrons. The van der Waals surface area contributed by atoms with Gasteiger partial charge in [0.15, 0.2) is 0 Å². The van der Waals surface area contributed by atoms with Crippen LogP contribution in [0.15, 0.2) is 18.3 Å². The van der Waals surface area contributed by atoms with E-state index in [0.717, 1.165) is 34.6 Å². The third kappa shape index (κ3) is 4.19. The molecule has 0 saturated heterocycles. The molecular formula is C23H33N5O. The number of aromatic nitrogens is 3. The van der Waals surface area contributed by atoms with Crippen LogP contribution in [0.25, 0.3) is 17.3 Å². The van der Waals surface area contributed by atoms with Gasteiger partial charge in [-0.3, -0.25) is 4.98 Å². The van der Waals surface area contributed by atoms with Gasteiger partial charge >= 0.3 is 0 Å². The highest BCUT2D eigenvalue weighted by Gasteiger charge is 2.37. The molecule has 29 heavy (non-hydrogen) atoms. The van der Waals surface area contributed by atoms with Crippen LogP contribution in [-0.4, -0.2) is 26.1 Å². The van der Waals surface area contributed by atoms with Gasteiger partial charge in [-0.25, -0.2) is 9.97 Å². The lowest BCUT2D eigenvalue weighted by atomic mass is 9.78. The maximum absolute atomic E-state index is 9.27. The van der Waals surface area contributed by atoms with Crippen molar-refractivity contribution >= 4 is 11.9 Å². The van der Waals surface area contributed by atoms with E-state index < -0.39 is 0 Å². The Balaban J connectivity index is 0.000000204. The van der Waals surface area contributed by atoms with Gasteiger partial charge in [0.2, 0.25) is 0 Å². The van der Waals surface area contributed by atoms with E-state index in [1.54, 1.807) is 6.20 Å². The lowest BCUT2D eigenvalue weighted by Crippen LogP contribution is -2.35. The molecule has 2 heterocycles. The van der Waals surface area contributed by atoms with Gasteiger partial charge in [-0.05, 0) is 44.1 Å². The topological polar surface area (TPSA) is 111 Å². The molecule has 0 bridgehead atoms. The minimum atomic E-state index is -0.213. The zero-order valence-electron chi connectivity index (χ0n) is 17.8. The molecule has 0 aromatic carbocycles. The first-order valence-corrected chi connectivity index (χ1v) is 10.6. The highest BCUT2D eigenvalue weighted by molar-refractivity contribution is 5.77. The number of aliphatic hydroxyl groups excluding tert-OH is 1. The van der Waals surface area contributed by atoms with Crippen LogP contribution in [0.5, 0.6) is 0 Å². The van der Waals surface area contributed by atoms with Gasteiger partial charge in [0.25, 0.3) is 0 Å². The Bertz CT molecular complexity index is 889. The molecule has 4 rings (SSSR count). The number of rotatable bonds is 4. The molecule has 2 aromatic heterocycles. The van der Waals surface area contributed by atoms with Crippen LogP contribution in [0.1, 0.15) is 68.6 Å². The van der Waals surface area contributed by atoms with Gasteiger partial charge in [-0.15, -0.1) is 0 Å². The van der Waals surface area contributed by atoms with Crippen LogP contribution >= 0.6 is 0 Å². The van der Waals surface area contributed by atoms with Crippen LogP contribution in [0.4, 0.5) is 5.82 Å². The number of aryl methyl sites for hydroxylation is 1. The predicted molar refractivity (Wildman–Crippen MR) is 118 cm³/mol. The predicted octanol–water partition coefficient (Wildman–Crippen LogP) is 3.79. The first kappa shape index (κ1) is 21.4. The molecule has 0 spiro atoms. The van der Waals surface area contributed by atoms with Gasteiger partial charge in [0, 0.05) is 29.8 Å². The van der Waals surface area contributed by atoms with E-state index in [1.807, 2.05) is 19.1 Å². The van der Waals surface area contributed by atoms with Crippen molar-refractivity contribution < 1.29 is 5.11 Å². The summed E-state index contributed by atoms with van der Waals surface area (Å²) in [6, 6.07) is 2.41. The van der Waals surface area contributed by atoms with E-state index in [4.69, 9.17) is 11.5 Å². The van der Waals surface area contributed by atoms with Crippen molar-refractivity contribution in [3.8, 4) is 11.3 Å². The van der Waals surface area contributed by atoms with Crippen LogP contribution in [-0.2, 0) is 13.0 Å². The summed E-state index contributed by atoms with van der Waals surface area (Å²) in [4.78, 5) is 13.0. The van der Waals surface area contributed by atoms with E-state index >= 15 is 0 Å². The molecule has 5 N–H and O–H groups in total. The van der Waals surface area contributed by atoms with Gasteiger partial charge in [0.05, 0.1) is 23.7 Å². The van der Waals surface area contributed by atoms with Crippen molar-refractivity contribution in [3.05, 3.63) is 41.0 Å². The smallest absolute Gasteiger partial charge is 0.147 e. The normalized spacial score (nSPS) is 19.0. The SMILES string of the molecule is CCC1(CC)CCC[C@H]1N.Cc1nc(N)c(CO)nc1-c1ccnc2c1C=CC2. The number of allylic oxidation sites excluding steroid dienone is 1. The summed E-state index contributed by atoms with van der Waals surface area (Å²) in [5.74, 6) is 0.282.